The van der Waals surface area contributed by atoms with Crippen LogP contribution in [0.2, 0.25) is 0 Å². The molecule has 8 aromatic carbocycles. The smallest absolute Gasteiger partial charge is 0.116 e. The van der Waals surface area contributed by atoms with Crippen LogP contribution in [0.4, 0.5) is 17.1 Å². The van der Waals surface area contributed by atoms with Gasteiger partial charge < -0.3 is 19.7 Å². The van der Waals surface area contributed by atoms with Crippen molar-refractivity contribution in [2.75, 3.05) is 4.90 Å². The fraction of sp³-hybridized carbons (Fsp3) is 0.0588. The van der Waals surface area contributed by atoms with Crippen molar-refractivity contribution in [3.63, 3.8) is 0 Å². The molecule has 4 heteroatoms. The van der Waals surface area contributed by atoms with E-state index in [9.17, 15) is 10.2 Å². The highest BCUT2D eigenvalue weighted by Crippen LogP contribution is 2.50. The number of para-hydroxylation sites is 1. The van der Waals surface area contributed by atoms with Gasteiger partial charge in [0.1, 0.15) is 11.5 Å². The maximum Gasteiger partial charge on any atom is 0.116 e. The van der Waals surface area contributed by atoms with E-state index in [-0.39, 0.29) is 16.9 Å². The molecule has 0 radical (unpaired) electrons. The molecule has 10 rings (SSSR count). The van der Waals surface area contributed by atoms with Gasteiger partial charge in [0.15, 0.2) is 0 Å². The Morgan fingerprint density at radius 3 is 1.78 bits per heavy atom. The molecule has 1 aromatic heterocycles. The largest absolute Gasteiger partial charge is 0.508 e. The van der Waals surface area contributed by atoms with Crippen molar-refractivity contribution < 1.29 is 10.2 Å². The number of fused-ring (bicyclic) bond motifs is 6. The molecule has 9 aromatic rings. The predicted octanol–water partition coefficient (Wildman–Crippen LogP) is 13.3. The average Bonchev–Trinajstić information content (AvgIpc) is 3.66. The maximum absolute atomic E-state index is 10.5. The van der Waals surface area contributed by atoms with Crippen LogP contribution < -0.4 is 4.90 Å². The zero-order chi connectivity index (χ0) is 37.3. The third-order valence-electron chi connectivity index (χ3n) is 11.4. The molecule has 0 atom stereocenters. The Kier molecular flexibility index (Phi) is 7.43. The summed E-state index contributed by atoms with van der Waals surface area (Å²) in [7, 11) is 0. The molecule has 0 saturated heterocycles. The number of phenols is 2. The van der Waals surface area contributed by atoms with Crippen molar-refractivity contribution in [3.8, 4) is 50.6 Å². The highest BCUT2D eigenvalue weighted by Gasteiger charge is 2.35. The van der Waals surface area contributed by atoms with Crippen LogP contribution in [0.25, 0.3) is 60.9 Å². The predicted molar refractivity (Wildman–Crippen MR) is 227 cm³/mol. The lowest BCUT2D eigenvalue weighted by molar-refractivity contribution is 0.475. The summed E-state index contributed by atoms with van der Waals surface area (Å²) in [6, 6.07) is 62.9. The fourth-order valence-electron chi connectivity index (χ4n) is 8.62. The first kappa shape index (κ1) is 32.6. The second-order valence-electron chi connectivity index (χ2n) is 15.0. The molecule has 55 heavy (non-hydrogen) atoms. The van der Waals surface area contributed by atoms with Gasteiger partial charge >= 0.3 is 0 Å². The van der Waals surface area contributed by atoms with Gasteiger partial charge in [0.2, 0.25) is 0 Å². The highest BCUT2D eigenvalue weighted by molar-refractivity contribution is 6.11. The number of nitrogens with zero attached hydrogens (tertiary/aromatic N) is 2. The summed E-state index contributed by atoms with van der Waals surface area (Å²) in [5.41, 5.74) is 16.0. The van der Waals surface area contributed by atoms with Gasteiger partial charge in [-0.05, 0) is 142 Å². The number of anilines is 3. The quantitative estimate of drug-likeness (QED) is 0.181. The summed E-state index contributed by atoms with van der Waals surface area (Å²) in [6.45, 7) is 4.63. The Morgan fingerprint density at radius 1 is 0.418 bits per heavy atom. The summed E-state index contributed by atoms with van der Waals surface area (Å²) in [6.07, 6.45) is 0. The number of aromatic nitrogens is 1. The third kappa shape index (κ3) is 5.37. The van der Waals surface area contributed by atoms with E-state index < -0.39 is 0 Å². The van der Waals surface area contributed by atoms with E-state index in [0.29, 0.717) is 0 Å². The lowest BCUT2D eigenvalue weighted by Crippen LogP contribution is -2.14. The molecule has 4 nitrogen and oxygen atoms in total. The first-order chi connectivity index (χ1) is 26.8. The maximum atomic E-state index is 10.5. The standard InChI is InChI=1S/C51H38N2O2/c1-51(2)47-14-7-6-13-43(47)44-30-36(17-26-48(44)51)34-9-8-12-40(29-34)52(39-21-23-41(54)24-22-39)38-19-15-33(16-20-38)35-18-27-49-45(31-35)46-32-42(55)25-28-50(46)53(49)37-10-4-3-5-11-37/h3-32,54-55H,1-2H3. The van der Waals surface area contributed by atoms with Crippen LogP contribution in [-0.2, 0) is 5.41 Å². The SMILES string of the molecule is CC1(C)c2ccccc2-c2cc(-c3cccc(N(c4ccc(O)cc4)c4ccc(-c5ccc6c(c5)c5cc(O)ccc5n6-c5ccccc5)cc4)c3)ccc21. The molecular weight excluding hydrogens is 673 g/mol. The van der Waals surface area contributed by atoms with E-state index in [1.54, 1.807) is 18.2 Å². The normalized spacial score (nSPS) is 12.8. The van der Waals surface area contributed by atoms with E-state index in [1.165, 1.54) is 27.8 Å². The lowest BCUT2D eigenvalue weighted by atomic mass is 9.82. The van der Waals surface area contributed by atoms with Crippen LogP contribution in [0.3, 0.4) is 0 Å². The van der Waals surface area contributed by atoms with Crippen molar-refractivity contribution >= 4 is 38.9 Å². The van der Waals surface area contributed by atoms with Gasteiger partial charge in [-0.15, -0.1) is 0 Å². The van der Waals surface area contributed by atoms with Gasteiger partial charge in [-0.25, -0.2) is 0 Å². The Labute approximate surface area is 320 Å². The van der Waals surface area contributed by atoms with Crippen LogP contribution >= 0.6 is 0 Å². The summed E-state index contributed by atoms with van der Waals surface area (Å²) in [5, 5.41) is 22.8. The van der Waals surface area contributed by atoms with Crippen molar-refractivity contribution in [3.05, 3.63) is 193 Å². The zero-order valence-electron chi connectivity index (χ0n) is 30.6. The van der Waals surface area contributed by atoms with Gasteiger partial charge in [-0.3, -0.25) is 0 Å². The number of hydrogen-bond donors (Lipinski definition) is 2. The number of phenolic OH excluding ortho intramolecular Hbond substituents is 2. The van der Waals surface area contributed by atoms with Gasteiger partial charge in [0.05, 0.1) is 11.0 Å². The molecule has 0 spiro atoms. The lowest BCUT2D eigenvalue weighted by Gasteiger charge is -2.26. The topological polar surface area (TPSA) is 48.6 Å². The molecule has 0 fully saturated rings. The van der Waals surface area contributed by atoms with Gasteiger partial charge in [0.25, 0.3) is 0 Å². The van der Waals surface area contributed by atoms with Crippen molar-refractivity contribution in [2.24, 2.45) is 0 Å². The van der Waals surface area contributed by atoms with E-state index in [1.807, 2.05) is 42.5 Å². The second kappa shape index (κ2) is 12.5. The Bertz CT molecular complexity index is 2910. The molecule has 0 saturated carbocycles. The van der Waals surface area contributed by atoms with Gasteiger partial charge in [-0.1, -0.05) is 98.8 Å². The molecule has 0 bridgehead atoms. The molecule has 0 unspecified atom stereocenters. The van der Waals surface area contributed by atoms with Crippen LogP contribution in [0.15, 0.2) is 182 Å². The number of benzene rings is 8. The molecule has 1 aliphatic rings. The van der Waals surface area contributed by atoms with Crippen LogP contribution in [-0.4, -0.2) is 14.8 Å². The summed E-state index contributed by atoms with van der Waals surface area (Å²) >= 11 is 0. The van der Waals surface area contributed by atoms with Gasteiger partial charge in [-0.2, -0.15) is 0 Å². The summed E-state index contributed by atoms with van der Waals surface area (Å²) < 4.78 is 2.25. The first-order valence-corrected chi connectivity index (χ1v) is 18.7. The third-order valence-corrected chi connectivity index (χ3v) is 11.4. The second-order valence-corrected chi connectivity index (χ2v) is 15.0. The van der Waals surface area contributed by atoms with E-state index in [4.69, 9.17) is 0 Å². The average molecular weight is 711 g/mol. The monoisotopic (exact) mass is 710 g/mol. The first-order valence-electron chi connectivity index (χ1n) is 18.7. The minimum absolute atomic E-state index is 0.0378. The Balaban J connectivity index is 1.04. The molecule has 0 aliphatic heterocycles. The van der Waals surface area contributed by atoms with Crippen molar-refractivity contribution in [1.29, 1.82) is 0 Å². The summed E-state index contributed by atoms with van der Waals surface area (Å²) in [5.74, 6) is 0.477. The van der Waals surface area contributed by atoms with E-state index in [0.717, 1.165) is 61.2 Å². The van der Waals surface area contributed by atoms with Gasteiger partial charge in [0, 0.05) is 38.9 Å². The zero-order valence-corrected chi connectivity index (χ0v) is 30.6. The van der Waals surface area contributed by atoms with Crippen LogP contribution in [0.5, 0.6) is 11.5 Å². The highest BCUT2D eigenvalue weighted by atomic mass is 16.3. The van der Waals surface area contributed by atoms with Crippen molar-refractivity contribution in [1.82, 2.24) is 4.57 Å². The fourth-order valence-corrected chi connectivity index (χ4v) is 8.62. The Morgan fingerprint density at radius 2 is 1.00 bits per heavy atom. The van der Waals surface area contributed by atoms with Crippen LogP contribution in [0.1, 0.15) is 25.0 Å². The minimum Gasteiger partial charge on any atom is -0.508 e. The minimum atomic E-state index is -0.0378. The number of hydrogen-bond acceptors (Lipinski definition) is 3. The van der Waals surface area contributed by atoms with E-state index in [2.05, 4.69) is 145 Å². The van der Waals surface area contributed by atoms with Crippen LogP contribution in [0, 0.1) is 0 Å². The molecular formula is C51H38N2O2. The molecule has 2 N–H and O–H groups in total. The molecule has 1 heterocycles. The molecule has 0 amide bonds. The Hall–Kier alpha value is -7.04. The number of aromatic hydroxyl groups is 2. The van der Waals surface area contributed by atoms with Crippen molar-refractivity contribution in [2.45, 2.75) is 19.3 Å². The molecule has 1 aliphatic carbocycles. The molecule has 264 valence electrons. The number of rotatable bonds is 6. The summed E-state index contributed by atoms with van der Waals surface area (Å²) in [4.78, 5) is 2.23. The van der Waals surface area contributed by atoms with E-state index >= 15 is 0 Å².